The van der Waals surface area contributed by atoms with E-state index in [9.17, 15) is 4.79 Å². The molecule has 0 radical (unpaired) electrons. The van der Waals surface area contributed by atoms with Gasteiger partial charge in [-0.15, -0.1) is 0 Å². The van der Waals surface area contributed by atoms with Gasteiger partial charge in [0.2, 0.25) is 0 Å². The van der Waals surface area contributed by atoms with Crippen LogP contribution in [0.15, 0.2) is 73.1 Å². The van der Waals surface area contributed by atoms with Gasteiger partial charge in [-0.05, 0) is 30.0 Å². The standard InChI is InChI=1S/C21H20N2O2/c24-21-23(18(15-25-21)13-16-7-2-1-3-8-16)12-6-9-17-14-22-20-11-5-4-10-19(17)20/h1-8,10-12,14,18,22H,9,13,15H2/b12-6+/t18-/m0/s1. The van der Waals surface area contributed by atoms with Crippen LogP contribution in [0.3, 0.4) is 0 Å². The van der Waals surface area contributed by atoms with Gasteiger partial charge in [0.15, 0.2) is 0 Å². The van der Waals surface area contributed by atoms with Crippen molar-refractivity contribution in [3.8, 4) is 0 Å². The Labute approximate surface area is 146 Å². The van der Waals surface area contributed by atoms with E-state index in [2.05, 4.69) is 29.2 Å². The molecule has 1 saturated heterocycles. The second-order valence-electron chi connectivity index (χ2n) is 6.28. The fourth-order valence-electron chi connectivity index (χ4n) is 3.29. The quantitative estimate of drug-likeness (QED) is 0.757. The molecule has 0 unspecified atom stereocenters. The van der Waals surface area contributed by atoms with Crippen LogP contribution in [0, 0.1) is 0 Å². The molecule has 2 heterocycles. The van der Waals surface area contributed by atoms with E-state index < -0.39 is 0 Å². The molecule has 25 heavy (non-hydrogen) atoms. The Bertz CT molecular complexity index is 898. The predicted molar refractivity (Wildman–Crippen MR) is 98.3 cm³/mol. The van der Waals surface area contributed by atoms with Gasteiger partial charge >= 0.3 is 6.09 Å². The van der Waals surface area contributed by atoms with Crippen molar-refractivity contribution in [1.82, 2.24) is 9.88 Å². The number of carbonyl (C=O) groups excluding carboxylic acids is 1. The first-order valence-electron chi connectivity index (χ1n) is 8.52. The molecule has 1 fully saturated rings. The highest BCUT2D eigenvalue weighted by Crippen LogP contribution is 2.20. The van der Waals surface area contributed by atoms with Crippen LogP contribution >= 0.6 is 0 Å². The number of para-hydroxylation sites is 1. The van der Waals surface area contributed by atoms with Gasteiger partial charge in [-0.25, -0.2) is 4.79 Å². The lowest BCUT2D eigenvalue weighted by Crippen LogP contribution is -2.30. The summed E-state index contributed by atoms with van der Waals surface area (Å²) in [6.45, 7) is 0.436. The summed E-state index contributed by atoms with van der Waals surface area (Å²) in [5.74, 6) is 0. The van der Waals surface area contributed by atoms with Crippen molar-refractivity contribution in [3.05, 3.63) is 84.2 Å². The average Bonchev–Trinajstić information content (AvgIpc) is 3.21. The van der Waals surface area contributed by atoms with Crippen LogP contribution < -0.4 is 0 Å². The molecule has 0 spiro atoms. The summed E-state index contributed by atoms with van der Waals surface area (Å²) in [5.41, 5.74) is 3.56. The molecule has 1 N–H and O–H groups in total. The summed E-state index contributed by atoms with van der Waals surface area (Å²) in [7, 11) is 0. The molecule has 1 aliphatic heterocycles. The Hall–Kier alpha value is -3.01. The zero-order valence-corrected chi connectivity index (χ0v) is 13.9. The number of hydrogen-bond acceptors (Lipinski definition) is 2. The number of cyclic esters (lactones) is 1. The topological polar surface area (TPSA) is 45.3 Å². The van der Waals surface area contributed by atoms with Crippen molar-refractivity contribution < 1.29 is 9.53 Å². The van der Waals surface area contributed by atoms with Crippen molar-refractivity contribution in [2.24, 2.45) is 0 Å². The number of benzene rings is 2. The summed E-state index contributed by atoms with van der Waals surface area (Å²) in [4.78, 5) is 17.0. The summed E-state index contributed by atoms with van der Waals surface area (Å²) in [6.07, 6.45) is 7.22. The van der Waals surface area contributed by atoms with Crippen molar-refractivity contribution in [3.63, 3.8) is 0 Å². The van der Waals surface area contributed by atoms with Gasteiger partial charge in [-0.1, -0.05) is 54.6 Å². The maximum absolute atomic E-state index is 12.0. The summed E-state index contributed by atoms with van der Waals surface area (Å²) in [6, 6.07) is 18.5. The first kappa shape index (κ1) is 15.5. The number of allylic oxidation sites excluding steroid dienone is 1. The number of amides is 1. The van der Waals surface area contributed by atoms with Gasteiger partial charge in [-0.2, -0.15) is 0 Å². The van der Waals surface area contributed by atoms with Gasteiger partial charge in [0.25, 0.3) is 0 Å². The van der Waals surface area contributed by atoms with Crippen LogP contribution in [-0.2, 0) is 17.6 Å². The SMILES string of the molecule is O=C1OC[C@H](Cc2ccccc2)N1/C=C/Cc1c[nH]c2ccccc12. The lowest BCUT2D eigenvalue weighted by atomic mass is 10.1. The second-order valence-corrected chi connectivity index (χ2v) is 6.28. The lowest BCUT2D eigenvalue weighted by molar-refractivity contribution is 0.166. The zero-order valence-electron chi connectivity index (χ0n) is 13.9. The van der Waals surface area contributed by atoms with Gasteiger partial charge in [0, 0.05) is 23.3 Å². The number of H-pyrrole nitrogens is 1. The molecule has 0 bridgehead atoms. The fourth-order valence-corrected chi connectivity index (χ4v) is 3.29. The second kappa shape index (κ2) is 6.85. The van der Waals surface area contributed by atoms with Crippen LogP contribution in [0.5, 0.6) is 0 Å². The largest absolute Gasteiger partial charge is 0.447 e. The Morgan fingerprint density at radius 2 is 1.92 bits per heavy atom. The highest BCUT2D eigenvalue weighted by atomic mass is 16.6. The molecule has 1 aliphatic rings. The van der Waals surface area contributed by atoms with E-state index in [4.69, 9.17) is 4.74 Å². The number of rotatable bonds is 5. The maximum atomic E-state index is 12.0. The zero-order chi connectivity index (χ0) is 17.1. The third kappa shape index (κ3) is 3.29. The Balaban J connectivity index is 1.46. The molecule has 0 saturated carbocycles. The molecule has 1 aromatic heterocycles. The number of aromatic amines is 1. The van der Waals surface area contributed by atoms with E-state index in [1.807, 2.05) is 48.8 Å². The highest BCUT2D eigenvalue weighted by molar-refractivity contribution is 5.83. The Kier molecular flexibility index (Phi) is 4.25. The number of nitrogens with one attached hydrogen (secondary N) is 1. The van der Waals surface area contributed by atoms with E-state index in [1.165, 1.54) is 16.5 Å². The van der Waals surface area contributed by atoms with Crippen molar-refractivity contribution in [2.75, 3.05) is 6.61 Å². The minimum Gasteiger partial charge on any atom is -0.447 e. The minimum atomic E-state index is -0.267. The summed E-state index contributed by atoms with van der Waals surface area (Å²) >= 11 is 0. The molecule has 1 amide bonds. The van der Waals surface area contributed by atoms with Gasteiger partial charge in [-0.3, -0.25) is 4.90 Å². The van der Waals surface area contributed by atoms with Gasteiger partial charge in [0.1, 0.15) is 6.61 Å². The predicted octanol–water partition coefficient (Wildman–Crippen LogP) is 4.29. The highest BCUT2D eigenvalue weighted by Gasteiger charge is 2.31. The van der Waals surface area contributed by atoms with Crippen molar-refractivity contribution in [1.29, 1.82) is 0 Å². The number of carbonyl (C=O) groups is 1. The number of hydrogen-bond donors (Lipinski definition) is 1. The number of fused-ring (bicyclic) bond motifs is 1. The molecule has 4 nitrogen and oxygen atoms in total. The van der Waals surface area contributed by atoms with Crippen LogP contribution in [0.4, 0.5) is 4.79 Å². The molecular weight excluding hydrogens is 312 g/mol. The number of aromatic nitrogens is 1. The fraction of sp³-hybridized carbons (Fsp3) is 0.190. The van der Waals surface area contributed by atoms with E-state index in [0.29, 0.717) is 6.61 Å². The smallest absolute Gasteiger partial charge is 0.414 e. The van der Waals surface area contributed by atoms with E-state index in [0.717, 1.165) is 18.4 Å². The molecule has 1 atom stereocenters. The Morgan fingerprint density at radius 1 is 1.12 bits per heavy atom. The normalized spacial score (nSPS) is 17.5. The monoisotopic (exact) mass is 332 g/mol. The van der Waals surface area contributed by atoms with Crippen LogP contribution in [0.25, 0.3) is 10.9 Å². The van der Waals surface area contributed by atoms with E-state index in [1.54, 1.807) is 4.90 Å². The third-order valence-corrected chi connectivity index (χ3v) is 4.60. The maximum Gasteiger partial charge on any atom is 0.414 e. The number of ether oxygens (including phenoxy) is 1. The van der Waals surface area contributed by atoms with Gasteiger partial charge in [0.05, 0.1) is 6.04 Å². The molecular formula is C21H20N2O2. The summed E-state index contributed by atoms with van der Waals surface area (Å²) in [5, 5.41) is 1.22. The summed E-state index contributed by atoms with van der Waals surface area (Å²) < 4.78 is 5.24. The molecule has 4 heteroatoms. The molecule has 0 aliphatic carbocycles. The van der Waals surface area contributed by atoms with E-state index in [-0.39, 0.29) is 12.1 Å². The molecule has 126 valence electrons. The molecule has 4 rings (SSSR count). The molecule has 2 aromatic carbocycles. The first-order valence-corrected chi connectivity index (χ1v) is 8.52. The van der Waals surface area contributed by atoms with Gasteiger partial charge < -0.3 is 9.72 Å². The van der Waals surface area contributed by atoms with Crippen LogP contribution in [-0.4, -0.2) is 28.6 Å². The molecule has 3 aromatic rings. The van der Waals surface area contributed by atoms with Crippen LogP contribution in [0.1, 0.15) is 11.1 Å². The number of nitrogens with zero attached hydrogens (tertiary/aromatic N) is 1. The van der Waals surface area contributed by atoms with Crippen LogP contribution in [0.2, 0.25) is 0 Å². The third-order valence-electron chi connectivity index (χ3n) is 4.60. The van der Waals surface area contributed by atoms with E-state index >= 15 is 0 Å². The van der Waals surface area contributed by atoms with Crippen molar-refractivity contribution >= 4 is 17.0 Å². The Morgan fingerprint density at radius 3 is 2.80 bits per heavy atom. The lowest BCUT2D eigenvalue weighted by Gasteiger charge is -2.17. The minimum absolute atomic E-state index is 0.0501. The average molecular weight is 332 g/mol. The van der Waals surface area contributed by atoms with Crippen molar-refractivity contribution in [2.45, 2.75) is 18.9 Å². The first-order chi connectivity index (χ1) is 12.3.